The minimum atomic E-state index is -0.595. The third kappa shape index (κ3) is 3.52. The molecule has 6 nitrogen and oxygen atoms in total. The van der Waals surface area contributed by atoms with E-state index >= 15 is 0 Å². The maximum Gasteiger partial charge on any atom is 0.321 e. The van der Waals surface area contributed by atoms with Crippen molar-refractivity contribution in [2.24, 2.45) is 5.92 Å². The van der Waals surface area contributed by atoms with Gasteiger partial charge in [0.05, 0.1) is 5.92 Å². The molecule has 0 aromatic heterocycles. The molecule has 0 saturated carbocycles. The van der Waals surface area contributed by atoms with Gasteiger partial charge in [-0.25, -0.2) is 4.79 Å². The molecule has 0 radical (unpaired) electrons. The average molecular weight is 310 g/mol. The number of rotatable bonds is 3. The Morgan fingerprint density at radius 3 is 2.76 bits per heavy atom. The van der Waals surface area contributed by atoms with E-state index in [2.05, 4.69) is 16.0 Å². The number of carbonyl (C=O) groups is 3. The highest BCUT2D eigenvalue weighted by molar-refractivity contribution is 6.31. The van der Waals surface area contributed by atoms with Crippen LogP contribution in [0.15, 0.2) is 18.2 Å². The topological polar surface area (TPSA) is 87.3 Å². The Bertz CT molecular complexity index is 603. The molecule has 0 spiro atoms. The van der Waals surface area contributed by atoms with E-state index < -0.39 is 23.9 Å². The summed E-state index contributed by atoms with van der Waals surface area (Å²) in [4.78, 5) is 35.0. The van der Waals surface area contributed by atoms with Gasteiger partial charge in [0.1, 0.15) is 0 Å². The van der Waals surface area contributed by atoms with E-state index in [1.165, 1.54) is 0 Å². The Kier molecular flexibility index (Phi) is 4.47. The van der Waals surface area contributed by atoms with E-state index in [4.69, 9.17) is 11.6 Å². The Hall–Kier alpha value is -2.08. The van der Waals surface area contributed by atoms with Gasteiger partial charge in [-0.1, -0.05) is 17.7 Å². The molecule has 2 rings (SSSR count). The third-order valence-electron chi connectivity index (χ3n) is 3.48. The number of carbonyl (C=O) groups excluding carboxylic acids is 3. The van der Waals surface area contributed by atoms with Crippen LogP contribution < -0.4 is 16.0 Å². The number of benzene rings is 1. The standard InChI is InChI=1S/C14H16ClN3O3/c1-7-10(15)4-3-5-11(7)17-12(19)6-9-8(2)16-14(21)18-13(9)20/h3-5,8-9H,6H2,1-2H3,(H,17,19)(H2,16,18,20,21). The first kappa shape index (κ1) is 15.3. The van der Waals surface area contributed by atoms with E-state index in [0.717, 1.165) is 5.56 Å². The highest BCUT2D eigenvalue weighted by Crippen LogP contribution is 2.23. The van der Waals surface area contributed by atoms with Crippen LogP contribution in [-0.4, -0.2) is 23.9 Å². The molecule has 1 aromatic carbocycles. The summed E-state index contributed by atoms with van der Waals surface area (Å²) >= 11 is 5.99. The van der Waals surface area contributed by atoms with Crippen molar-refractivity contribution in [1.29, 1.82) is 0 Å². The molecule has 1 fully saturated rings. The summed E-state index contributed by atoms with van der Waals surface area (Å²) in [5.74, 6) is -1.34. The van der Waals surface area contributed by atoms with Crippen LogP contribution in [-0.2, 0) is 9.59 Å². The lowest BCUT2D eigenvalue weighted by Crippen LogP contribution is -2.57. The van der Waals surface area contributed by atoms with Gasteiger partial charge in [0, 0.05) is 23.2 Å². The van der Waals surface area contributed by atoms with Gasteiger partial charge in [0.2, 0.25) is 11.8 Å². The molecule has 3 N–H and O–H groups in total. The lowest BCUT2D eigenvalue weighted by molar-refractivity contribution is -0.129. The molecule has 4 amide bonds. The van der Waals surface area contributed by atoms with E-state index in [-0.39, 0.29) is 12.3 Å². The third-order valence-corrected chi connectivity index (χ3v) is 3.89. The maximum absolute atomic E-state index is 12.1. The van der Waals surface area contributed by atoms with E-state index in [0.29, 0.717) is 10.7 Å². The highest BCUT2D eigenvalue weighted by Gasteiger charge is 2.34. The molecule has 1 aromatic rings. The van der Waals surface area contributed by atoms with Gasteiger partial charge < -0.3 is 10.6 Å². The number of urea groups is 1. The Morgan fingerprint density at radius 2 is 2.10 bits per heavy atom. The lowest BCUT2D eigenvalue weighted by atomic mass is 9.94. The van der Waals surface area contributed by atoms with Gasteiger partial charge in [0.25, 0.3) is 0 Å². The van der Waals surface area contributed by atoms with Gasteiger partial charge in [-0.2, -0.15) is 0 Å². The van der Waals surface area contributed by atoms with Crippen LogP contribution in [0.1, 0.15) is 18.9 Å². The van der Waals surface area contributed by atoms with Crippen molar-refractivity contribution in [3.8, 4) is 0 Å². The van der Waals surface area contributed by atoms with E-state index in [9.17, 15) is 14.4 Å². The Labute approximate surface area is 127 Å². The first-order valence-electron chi connectivity index (χ1n) is 6.55. The van der Waals surface area contributed by atoms with Gasteiger partial charge in [-0.15, -0.1) is 0 Å². The number of imide groups is 1. The maximum atomic E-state index is 12.1. The molecular weight excluding hydrogens is 294 g/mol. The average Bonchev–Trinajstić information content (AvgIpc) is 2.39. The Morgan fingerprint density at radius 1 is 1.38 bits per heavy atom. The molecular formula is C14H16ClN3O3. The SMILES string of the molecule is Cc1c(Cl)cccc1NC(=O)CC1C(=O)NC(=O)NC1C. The molecule has 2 atom stereocenters. The van der Waals surface area contributed by atoms with Gasteiger partial charge in [-0.3, -0.25) is 14.9 Å². The van der Waals surface area contributed by atoms with Crippen LogP contribution in [0.5, 0.6) is 0 Å². The second kappa shape index (κ2) is 6.13. The van der Waals surface area contributed by atoms with Crippen molar-refractivity contribution >= 4 is 35.1 Å². The Balaban J connectivity index is 2.03. The van der Waals surface area contributed by atoms with Crippen molar-refractivity contribution in [1.82, 2.24) is 10.6 Å². The number of halogens is 1. The minimum Gasteiger partial charge on any atom is -0.335 e. The molecule has 0 aliphatic carbocycles. The van der Waals surface area contributed by atoms with Crippen LogP contribution >= 0.6 is 11.6 Å². The van der Waals surface area contributed by atoms with Gasteiger partial charge in [-0.05, 0) is 31.5 Å². The summed E-state index contributed by atoms with van der Waals surface area (Å²) < 4.78 is 0. The van der Waals surface area contributed by atoms with Crippen molar-refractivity contribution in [2.45, 2.75) is 26.3 Å². The van der Waals surface area contributed by atoms with Gasteiger partial charge >= 0.3 is 6.03 Å². The first-order chi connectivity index (χ1) is 9.88. The fourth-order valence-corrected chi connectivity index (χ4v) is 2.36. The molecule has 1 aliphatic heterocycles. The smallest absolute Gasteiger partial charge is 0.321 e. The second-order valence-corrected chi connectivity index (χ2v) is 5.43. The molecule has 112 valence electrons. The summed E-state index contributed by atoms with van der Waals surface area (Å²) in [6.07, 6.45) is -0.0146. The zero-order valence-electron chi connectivity index (χ0n) is 11.7. The second-order valence-electron chi connectivity index (χ2n) is 5.02. The van der Waals surface area contributed by atoms with Crippen LogP contribution in [0.25, 0.3) is 0 Å². The molecule has 0 bridgehead atoms. The molecule has 1 heterocycles. The summed E-state index contributed by atoms with van der Waals surface area (Å²) in [7, 11) is 0. The van der Waals surface area contributed by atoms with Crippen molar-refractivity contribution in [3.05, 3.63) is 28.8 Å². The summed E-state index contributed by atoms with van der Waals surface area (Å²) in [6.45, 7) is 3.49. The van der Waals surface area contributed by atoms with E-state index in [1.54, 1.807) is 32.0 Å². The largest absolute Gasteiger partial charge is 0.335 e. The van der Waals surface area contributed by atoms with Crippen molar-refractivity contribution in [3.63, 3.8) is 0 Å². The lowest BCUT2D eigenvalue weighted by Gasteiger charge is -2.28. The minimum absolute atomic E-state index is 0.0146. The monoisotopic (exact) mass is 309 g/mol. The number of anilines is 1. The number of nitrogens with one attached hydrogen (secondary N) is 3. The zero-order chi connectivity index (χ0) is 15.6. The molecule has 1 aliphatic rings. The van der Waals surface area contributed by atoms with Gasteiger partial charge in [0.15, 0.2) is 0 Å². The fourth-order valence-electron chi connectivity index (χ4n) is 2.19. The highest BCUT2D eigenvalue weighted by atomic mass is 35.5. The van der Waals surface area contributed by atoms with Crippen LogP contribution in [0.2, 0.25) is 5.02 Å². The quantitative estimate of drug-likeness (QED) is 0.796. The predicted molar refractivity (Wildman–Crippen MR) is 79.1 cm³/mol. The normalized spacial score (nSPS) is 21.5. The van der Waals surface area contributed by atoms with Crippen LogP contribution in [0.3, 0.4) is 0 Å². The molecule has 2 unspecified atom stereocenters. The van der Waals surface area contributed by atoms with Crippen LogP contribution in [0, 0.1) is 12.8 Å². The number of amides is 4. The fraction of sp³-hybridized carbons (Fsp3) is 0.357. The first-order valence-corrected chi connectivity index (χ1v) is 6.92. The van der Waals surface area contributed by atoms with E-state index in [1.807, 2.05) is 0 Å². The number of hydrogen-bond acceptors (Lipinski definition) is 3. The molecule has 21 heavy (non-hydrogen) atoms. The predicted octanol–water partition coefficient (Wildman–Crippen LogP) is 1.82. The molecule has 7 heteroatoms. The van der Waals surface area contributed by atoms with Crippen molar-refractivity contribution in [2.75, 3.05) is 5.32 Å². The zero-order valence-corrected chi connectivity index (χ0v) is 12.5. The van der Waals surface area contributed by atoms with Crippen LogP contribution in [0.4, 0.5) is 10.5 Å². The van der Waals surface area contributed by atoms with Crippen molar-refractivity contribution < 1.29 is 14.4 Å². The molecule has 1 saturated heterocycles. The summed E-state index contributed by atoms with van der Waals surface area (Å²) in [6, 6.07) is 4.29. The summed E-state index contributed by atoms with van der Waals surface area (Å²) in [5, 5.41) is 8.03. The number of hydrogen-bond donors (Lipinski definition) is 3. The summed E-state index contributed by atoms with van der Waals surface area (Å²) in [5.41, 5.74) is 1.38.